The number of aromatic amines is 2. The monoisotopic (exact) mass is 900 g/mol. The van der Waals surface area contributed by atoms with Gasteiger partial charge in [0, 0.05) is 5.56 Å². The van der Waals surface area contributed by atoms with E-state index in [1.165, 1.54) is 0 Å². The number of rotatable bonds is 10. The molecule has 2 N–H and O–H groups in total. The maximum absolute atomic E-state index is 14.0. The third kappa shape index (κ3) is 8.33. The van der Waals surface area contributed by atoms with Crippen LogP contribution in [0.5, 0.6) is 0 Å². The lowest BCUT2D eigenvalue weighted by molar-refractivity contribution is -0.278. The van der Waals surface area contributed by atoms with E-state index in [2.05, 4.69) is 21.0 Å². The van der Waals surface area contributed by atoms with Gasteiger partial charge in [0.1, 0.15) is 12.3 Å². The number of aryl methyl sites for hydroxylation is 1. The zero-order chi connectivity index (χ0) is 42.9. The Balaban J connectivity index is 0.000000257. The maximum atomic E-state index is 14.0. The fraction of sp³-hybridized carbons (Fsp3) is 0.200. The van der Waals surface area contributed by atoms with Crippen molar-refractivity contribution in [2.45, 2.75) is 38.3 Å². The minimum absolute atomic E-state index is 0.0945. The van der Waals surface area contributed by atoms with E-state index in [1.807, 2.05) is 0 Å². The summed E-state index contributed by atoms with van der Waals surface area (Å²) < 4.78 is 194. The highest BCUT2D eigenvalue weighted by atomic mass is 79.9. The number of aromatic nitrogens is 6. The average Bonchev–Trinajstić information content (AvgIpc) is 3.16. The average molecular weight is 901 g/mol. The fourth-order valence-corrected chi connectivity index (χ4v) is 4.89. The SMILES string of the molecule is O=c1[nH]c(=O)n(C(F)(F)C(F)(F)c2c(F)c(F)c(F)c(F)c2F)[nH]c1=O.O=c1c(Br)nn(CCc2c(F)c(F)c(F)c(F)c2F)c(=O)n1COCc1ccccc1. The third-order valence-corrected chi connectivity index (χ3v) is 7.81. The summed E-state index contributed by atoms with van der Waals surface area (Å²) in [6.45, 7) is -0.915. The molecule has 306 valence electrons. The number of nitrogens with zero attached hydrogens (tertiary/aromatic N) is 4. The van der Waals surface area contributed by atoms with Gasteiger partial charge in [-0.05, 0) is 27.9 Å². The van der Waals surface area contributed by atoms with E-state index in [-0.39, 0.29) is 11.2 Å². The minimum Gasteiger partial charge on any atom is -0.356 e. The molecule has 0 aliphatic carbocycles. The van der Waals surface area contributed by atoms with Crippen molar-refractivity contribution in [1.82, 2.24) is 29.1 Å². The van der Waals surface area contributed by atoms with Gasteiger partial charge in [-0.15, -0.1) is 0 Å². The van der Waals surface area contributed by atoms with Gasteiger partial charge >= 0.3 is 34.5 Å². The van der Waals surface area contributed by atoms with Crippen molar-refractivity contribution in [2.24, 2.45) is 0 Å². The van der Waals surface area contributed by atoms with Gasteiger partial charge in [0.15, 0.2) is 51.1 Å². The number of H-pyrrole nitrogens is 2. The van der Waals surface area contributed by atoms with Crippen molar-refractivity contribution < 1.29 is 66.2 Å². The molecule has 5 rings (SSSR count). The largest absolute Gasteiger partial charge is 0.413 e. The van der Waals surface area contributed by atoms with Crippen LogP contribution in [0.2, 0.25) is 0 Å². The highest BCUT2D eigenvalue weighted by Crippen LogP contribution is 2.48. The van der Waals surface area contributed by atoms with Crippen LogP contribution in [0.25, 0.3) is 0 Å². The first-order chi connectivity index (χ1) is 26.5. The van der Waals surface area contributed by atoms with Gasteiger partial charge in [-0.25, -0.2) is 67.8 Å². The fourth-order valence-electron chi connectivity index (χ4n) is 4.49. The summed E-state index contributed by atoms with van der Waals surface area (Å²) in [6, 6.07) is 2.84. The normalized spacial score (nSPS) is 11.8. The lowest BCUT2D eigenvalue weighted by Crippen LogP contribution is -2.54. The van der Waals surface area contributed by atoms with Crippen LogP contribution in [0.3, 0.4) is 0 Å². The van der Waals surface area contributed by atoms with Gasteiger partial charge in [0.25, 0.3) is 5.56 Å². The second-order valence-corrected chi connectivity index (χ2v) is 11.6. The number of hydrogen-bond donors (Lipinski definition) is 2. The predicted octanol–water partition coefficient (Wildman–Crippen LogP) is 4.54. The Bertz CT molecular complexity index is 2610. The molecule has 2 aromatic heterocycles. The van der Waals surface area contributed by atoms with E-state index >= 15 is 0 Å². The number of nitrogens with one attached hydrogen (secondary N) is 2. The highest BCUT2D eigenvalue weighted by molar-refractivity contribution is 9.10. The van der Waals surface area contributed by atoms with Crippen LogP contribution in [-0.2, 0) is 43.0 Å². The Kier molecular flexibility index (Phi) is 12.9. The number of alkyl halides is 4. The van der Waals surface area contributed by atoms with Crippen molar-refractivity contribution in [3.05, 3.63) is 162 Å². The van der Waals surface area contributed by atoms with Crippen LogP contribution in [0.15, 0.2) is 58.9 Å². The molecule has 0 saturated heterocycles. The second kappa shape index (κ2) is 16.7. The van der Waals surface area contributed by atoms with Crippen LogP contribution in [0, 0.1) is 58.2 Å². The van der Waals surface area contributed by atoms with Crippen LogP contribution >= 0.6 is 15.9 Å². The molecule has 0 unspecified atom stereocenters. The van der Waals surface area contributed by atoms with Gasteiger partial charge in [0.05, 0.1) is 13.2 Å². The zero-order valence-corrected chi connectivity index (χ0v) is 28.7. The molecule has 0 fully saturated rings. The summed E-state index contributed by atoms with van der Waals surface area (Å²) in [4.78, 5) is 58.5. The summed E-state index contributed by atoms with van der Waals surface area (Å²) in [5.41, 5.74) is -11.6. The summed E-state index contributed by atoms with van der Waals surface area (Å²) in [5.74, 6) is -32.0. The Morgan fingerprint density at radius 1 is 0.684 bits per heavy atom. The van der Waals surface area contributed by atoms with Crippen molar-refractivity contribution in [2.75, 3.05) is 0 Å². The van der Waals surface area contributed by atoms with E-state index in [0.717, 1.165) is 10.5 Å². The smallest absolute Gasteiger partial charge is 0.356 e. The minimum atomic E-state index is -6.23. The van der Waals surface area contributed by atoms with Crippen molar-refractivity contribution in [3.63, 3.8) is 0 Å². The number of ether oxygens (including phenoxy) is 1. The first-order valence-electron chi connectivity index (χ1n) is 14.7. The molecule has 0 bridgehead atoms. The number of benzene rings is 3. The second-order valence-electron chi connectivity index (χ2n) is 10.9. The van der Waals surface area contributed by atoms with E-state index in [9.17, 15) is 85.4 Å². The summed E-state index contributed by atoms with van der Waals surface area (Å²) >= 11 is 2.88. The van der Waals surface area contributed by atoms with Crippen LogP contribution in [0.4, 0.5) is 61.5 Å². The van der Waals surface area contributed by atoms with E-state index < -0.39 is 134 Å². The lowest BCUT2D eigenvalue weighted by atomic mass is 10.0. The molecule has 12 nitrogen and oxygen atoms in total. The Morgan fingerprint density at radius 3 is 1.70 bits per heavy atom. The predicted molar refractivity (Wildman–Crippen MR) is 164 cm³/mol. The molecular formula is C30H15BrF14N6O6. The molecule has 0 atom stereocenters. The van der Waals surface area contributed by atoms with Gasteiger partial charge < -0.3 is 4.74 Å². The van der Waals surface area contributed by atoms with E-state index in [4.69, 9.17) is 4.74 Å². The first-order valence-corrected chi connectivity index (χ1v) is 15.5. The highest BCUT2D eigenvalue weighted by Gasteiger charge is 2.64. The molecule has 0 radical (unpaired) electrons. The molecule has 5 aromatic rings. The van der Waals surface area contributed by atoms with Crippen molar-refractivity contribution >= 4 is 15.9 Å². The van der Waals surface area contributed by atoms with Crippen LogP contribution < -0.4 is 28.1 Å². The van der Waals surface area contributed by atoms with Crippen LogP contribution in [0.1, 0.15) is 16.7 Å². The standard InChI is InChI=1S/C19H13BrF5N3O3.C11H2F9N3O3/c20-17-18(29)27(9-31-8-10-4-2-1-3-5-10)19(30)28(26-17)7-6-11-12(21)14(23)16(25)15(24)13(11)22;12-2-1(3(13)5(15)6(16)4(2)14)10(17,18)11(19,20)23-9(26)21-7(24)8(25)22-23/h1-5H,6-9H2;(H,22,25)(H,21,24,26). The Morgan fingerprint density at radius 2 is 1.18 bits per heavy atom. The van der Waals surface area contributed by atoms with Crippen molar-refractivity contribution in [1.29, 1.82) is 0 Å². The zero-order valence-electron chi connectivity index (χ0n) is 27.1. The van der Waals surface area contributed by atoms with Gasteiger partial charge in [-0.1, -0.05) is 30.3 Å². The van der Waals surface area contributed by atoms with E-state index in [0.29, 0.717) is 14.3 Å². The molecule has 0 amide bonds. The van der Waals surface area contributed by atoms with Gasteiger partial charge in [-0.3, -0.25) is 19.4 Å². The third-order valence-electron chi connectivity index (χ3n) is 7.31. The molecule has 27 heteroatoms. The first kappa shape index (κ1) is 43.9. The van der Waals surface area contributed by atoms with E-state index in [1.54, 1.807) is 30.3 Å². The molecule has 2 heterocycles. The molecule has 0 spiro atoms. The number of halogens is 15. The quantitative estimate of drug-likeness (QED) is 0.0904. The lowest BCUT2D eigenvalue weighted by Gasteiger charge is -2.27. The molecule has 0 aliphatic heterocycles. The molecular weight excluding hydrogens is 886 g/mol. The Hall–Kier alpha value is -5.86. The summed E-state index contributed by atoms with van der Waals surface area (Å²) in [5, 5.41) is 4.37. The van der Waals surface area contributed by atoms with Crippen molar-refractivity contribution in [3.8, 4) is 0 Å². The van der Waals surface area contributed by atoms with Gasteiger partial charge in [-0.2, -0.15) is 27.3 Å². The summed E-state index contributed by atoms with van der Waals surface area (Å²) in [6.07, 6.45) is -0.742. The summed E-state index contributed by atoms with van der Waals surface area (Å²) in [7, 11) is 0. The topological polar surface area (TPSA) is 154 Å². The molecule has 3 aromatic carbocycles. The van der Waals surface area contributed by atoms with Crippen LogP contribution in [-0.4, -0.2) is 29.1 Å². The Labute approximate surface area is 311 Å². The molecule has 0 saturated carbocycles. The molecule has 0 aliphatic rings. The molecule has 57 heavy (non-hydrogen) atoms. The van der Waals surface area contributed by atoms with Gasteiger partial charge in [0.2, 0.25) is 11.6 Å². The maximum Gasteiger partial charge on any atom is 0.413 e. The number of hydrogen-bond acceptors (Lipinski definition) is 7.